The van der Waals surface area contributed by atoms with Crippen molar-refractivity contribution in [1.82, 2.24) is 9.88 Å². The molecule has 1 heterocycles. The molecule has 0 fully saturated rings. The molecule has 7 nitrogen and oxygen atoms in total. The van der Waals surface area contributed by atoms with Gasteiger partial charge in [-0.25, -0.2) is 4.79 Å². The maximum Gasteiger partial charge on any atom is 0.333 e. The van der Waals surface area contributed by atoms with E-state index in [0.29, 0.717) is 12.1 Å². The number of phenols is 1. The Hall–Kier alpha value is -3.32. The van der Waals surface area contributed by atoms with Gasteiger partial charge in [0.15, 0.2) is 6.10 Å². The quantitative estimate of drug-likeness (QED) is 0.544. The Bertz CT molecular complexity index is 1040. The minimum absolute atomic E-state index is 0.0990. The molecule has 0 radical (unpaired) electrons. The van der Waals surface area contributed by atoms with Crippen molar-refractivity contribution in [2.24, 2.45) is 7.05 Å². The second kappa shape index (κ2) is 8.79. The van der Waals surface area contributed by atoms with Crippen LogP contribution in [0.25, 0.3) is 10.9 Å². The predicted octanol–water partition coefficient (Wildman–Crippen LogP) is 2.85. The minimum atomic E-state index is -1.07. The molecule has 0 saturated carbocycles. The number of fused-ring (bicyclic) bond motifs is 1. The van der Waals surface area contributed by atoms with Crippen molar-refractivity contribution in [2.45, 2.75) is 26.0 Å². The highest BCUT2D eigenvalue weighted by Gasteiger charge is 2.20. The van der Waals surface area contributed by atoms with Crippen LogP contribution in [0.15, 0.2) is 48.5 Å². The summed E-state index contributed by atoms with van der Waals surface area (Å²) in [6.07, 6.45) is -0.899. The first-order valence-electron chi connectivity index (χ1n) is 9.38. The molecule has 1 amide bonds. The highest BCUT2D eigenvalue weighted by atomic mass is 16.5. The zero-order valence-corrected chi connectivity index (χ0v) is 16.4. The van der Waals surface area contributed by atoms with Gasteiger partial charge in [0.25, 0.3) is 5.91 Å². The maximum atomic E-state index is 12.6. The Balaban J connectivity index is 1.74. The number of aryl methyl sites for hydroxylation is 1. The molecule has 0 aliphatic rings. The molecule has 1 aromatic heterocycles. The fraction of sp³-hybridized carbons (Fsp3) is 0.273. The molecule has 152 valence electrons. The molecular weight excluding hydrogens is 372 g/mol. The summed E-state index contributed by atoms with van der Waals surface area (Å²) >= 11 is 0. The lowest BCUT2D eigenvalue weighted by atomic mass is 10.0. The van der Waals surface area contributed by atoms with Crippen LogP contribution in [0.2, 0.25) is 0 Å². The molecule has 1 atom stereocenters. The van der Waals surface area contributed by atoms with E-state index in [1.54, 1.807) is 13.0 Å². The lowest BCUT2D eigenvalue weighted by Crippen LogP contribution is -2.27. The molecule has 0 aliphatic carbocycles. The maximum absolute atomic E-state index is 12.6. The van der Waals surface area contributed by atoms with E-state index in [2.05, 4.69) is 5.32 Å². The topological polar surface area (TPSA) is 101 Å². The van der Waals surface area contributed by atoms with Crippen LogP contribution in [0.5, 0.6) is 5.75 Å². The molecule has 2 aromatic carbocycles. The van der Waals surface area contributed by atoms with Crippen molar-refractivity contribution in [2.75, 3.05) is 6.61 Å². The number of rotatable bonds is 8. The fourth-order valence-corrected chi connectivity index (χ4v) is 3.31. The van der Waals surface area contributed by atoms with E-state index < -0.39 is 18.0 Å². The number of phenolic OH excluding ortho intramolecular Hbond substituents is 1. The molecule has 7 heteroatoms. The van der Waals surface area contributed by atoms with Crippen molar-refractivity contribution in [3.63, 3.8) is 0 Å². The van der Waals surface area contributed by atoms with E-state index >= 15 is 0 Å². The summed E-state index contributed by atoms with van der Waals surface area (Å²) in [5, 5.41) is 23.2. The van der Waals surface area contributed by atoms with Gasteiger partial charge in [0.1, 0.15) is 5.75 Å². The standard InChI is InChI=1S/C22H24N2O5/c1-3-29-20(22(27)28)11-14-8-9-19(25)17(10-14)21(26)23-13-16-12-15-6-4-5-7-18(15)24(16)2/h4-10,12,20,25H,3,11,13H2,1-2H3,(H,23,26)(H,27,28). The van der Waals surface area contributed by atoms with Gasteiger partial charge in [0.05, 0.1) is 12.1 Å². The lowest BCUT2D eigenvalue weighted by Gasteiger charge is -2.14. The first kappa shape index (κ1) is 20.4. The molecule has 0 spiro atoms. The number of benzene rings is 2. The summed E-state index contributed by atoms with van der Waals surface area (Å²) < 4.78 is 7.23. The molecule has 3 aromatic rings. The number of para-hydroxylation sites is 1. The Morgan fingerprint density at radius 1 is 1.17 bits per heavy atom. The van der Waals surface area contributed by atoms with Crippen molar-refractivity contribution in [3.05, 3.63) is 65.4 Å². The van der Waals surface area contributed by atoms with Gasteiger partial charge in [-0.05, 0) is 42.1 Å². The molecule has 3 rings (SSSR count). The Labute approximate surface area is 168 Å². The van der Waals surface area contributed by atoms with Gasteiger partial charge in [0, 0.05) is 31.3 Å². The van der Waals surface area contributed by atoms with Crippen LogP contribution in [-0.2, 0) is 29.5 Å². The molecule has 0 saturated heterocycles. The molecule has 29 heavy (non-hydrogen) atoms. The Morgan fingerprint density at radius 3 is 2.62 bits per heavy atom. The van der Waals surface area contributed by atoms with Gasteiger partial charge in [0.2, 0.25) is 0 Å². The zero-order chi connectivity index (χ0) is 21.0. The first-order valence-corrected chi connectivity index (χ1v) is 9.38. The third-order valence-corrected chi connectivity index (χ3v) is 4.85. The predicted molar refractivity (Wildman–Crippen MR) is 109 cm³/mol. The fourth-order valence-electron chi connectivity index (χ4n) is 3.31. The number of amides is 1. The summed E-state index contributed by atoms with van der Waals surface area (Å²) in [5.41, 5.74) is 2.69. The van der Waals surface area contributed by atoms with Gasteiger partial charge in [-0.3, -0.25) is 4.79 Å². The number of aliphatic carboxylic acids is 1. The number of aromatic hydroxyl groups is 1. The first-order chi connectivity index (χ1) is 13.9. The van der Waals surface area contributed by atoms with Crippen LogP contribution in [0.4, 0.5) is 0 Å². The lowest BCUT2D eigenvalue weighted by molar-refractivity contribution is -0.149. The van der Waals surface area contributed by atoms with E-state index in [9.17, 15) is 19.8 Å². The number of hydrogen-bond acceptors (Lipinski definition) is 4. The molecule has 0 bridgehead atoms. The molecule has 3 N–H and O–H groups in total. The van der Waals surface area contributed by atoms with Gasteiger partial charge < -0.3 is 24.8 Å². The number of carboxylic acid groups (broad SMARTS) is 1. The monoisotopic (exact) mass is 396 g/mol. The van der Waals surface area contributed by atoms with Crippen molar-refractivity contribution in [3.8, 4) is 5.75 Å². The second-order valence-electron chi connectivity index (χ2n) is 6.77. The highest BCUT2D eigenvalue weighted by molar-refractivity contribution is 5.97. The largest absolute Gasteiger partial charge is 0.507 e. The summed E-state index contributed by atoms with van der Waals surface area (Å²) in [6.45, 7) is 2.29. The Morgan fingerprint density at radius 2 is 1.93 bits per heavy atom. The number of nitrogens with zero attached hydrogens (tertiary/aromatic N) is 1. The van der Waals surface area contributed by atoms with Crippen LogP contribution < -0.4 is 5.32 Å². The average molecular weight is 396 g/mol. The second-order valence-corrected chi connectivity index (χ2v) is 6.77. The number of aromatic nitrogens is 1. The van der Waals surface area contributed by atoms with Crippen molar-refractivity contribution < 1.29 is 24.5 Å². The third-order valence-electron chi connectivity index (χ3n) is 4.85. The molecular formula is C22H24N2O5. The van der Waals surface area contributed by atoms with Crippen molar-refractivity contribution in [1.29, 1.82) is 0 Å². The zero-order valence-electron chi connectivity index (χ0n) is 16.4. The molecule has 1 unspecified atom stereocenters. The van der Waals surface area contributed by atoms with E-state index in [0.717, 1.165) is 16.6 Å². The summed E-state index contributed by atoms with van der Waals surface area (Å²) in [7, 11) is 1.93. The van der Waals surface area contributed by atoms with Crippen LogP contribution in [0.3, 0.4) is 0 Å². The number of carbonyl (C=O) groups excluding carboxylic acids is 1. The third kappa shape index (κ3) is 4.57. The summed E-state index contributed by atoms with van der Waals surface area (Å²) in [5.74, 6) is -1.66. The average Bonchev–Trinajstić information content (AvgIpc) is 3.03. The smallest absolute Gasteiger partial charge is 0.333 e. The summed E-state index contributed by atoms with van der Waals surface area (Å²) in [6, 6.07) is 14.4. The number of carbonyl (C=O) groups is 2. The van der Waals surface area contributed by atoms with Crippen LogP contribution in [-0.4, -0.2) is 39.4 Å². The summed E-state index contributed by atoms with van der Waals surface area (Å²) in [4.78, 5) is 23.9. The minimum Gasteiger partial charge on any atom is -0.507 e. The van der Waals surface area contributed by atoms with E-state index in [4.69, 9.17) is 4.74 Å². The number of nitrogens with one attached hydrogen (secondary N) is 1. The number of carboxylic acids is 1. The van der Waals surface area contributed by atoms with Crippen LogP contribution in [0.1, 0.15) is 28.5 Å². The highest BCUT2D eigenvalue weighted by Crippen LogP contribution is 2.21. The Kier molecular flexibility index (Phi) is 6.19. The van der Waals surface area contributed by atoms with Gasteiger partial charge >= 0.3 is 5.97 Å². The van der Waals surface area contributed by atoms with E-state index in [-0.39, 0.29) is 24.3 Å². The van der Waals surface area contributed by atoms with Gasteiger partial charge in [-0.15, -0.1) is 0 Å². The van der Waals surface area contributed by atoms with Gasteiger partial charge in [-0.1, -0.05) is 24.3 Å². The van der Waals surface area contributed by atoms with Gasteiger partial charge in [-0.2, -0.15) is 0 Å². The van der Waals surface area contributed by atoms with E-state index in [1.165, 1.54) is 12.1 Å². The van der Waals surface area contributed by atoms with Crippen LogP contribution >= 0.6 is 0 Å². The van der Waals surface area contributed by atoms with Crippen molar-refractivity contribution >= 4 is 22.8 Å². The number of hydrogen-bond donors (Lipinski definition) is 3. The SMILES string of the molecule is CCOC(Cc1ccc(O)c(C(=O)NCc2cc3ccccc3n2C)c1)C(=O)O. The number of ether oxygens (including phenoxy) is 1. The normalized spacial score (nSPS) is 12.1. The molecule has 0 aliphatic heterocycles. The van der Waals surface area contributed by atoms with Crippen LogP contribution in [0, 0.1) is 0 Å². The van der Waals surface area contributed by atoms with E-state index in [1.807, 2.05) is 41.9 Å².